The van der Waals surface area contributed by atoms with Gasteiger partial charge in [-0.1, -0.05) is 66.2 Å². The highest BCUT2D eigenvalue weighted by molar-refractivity contribution is 6.39. The zero-order chi connectivity index (χ0) is 25.2. The normalized spacial score (nSPS) is 14.9. The lowest BCUT2D eigenvalue weighted by Crippen LogP contribution is -2.54. The summed E-state index contributed by atoms with van der Waals surface area (Å²) in [6.45, 7) is 2.28. The molecule has 178 valence electrons. The number of barbiturate groups is 1. The number of amides is 4. The predicted molar refractivity (Wildman–Crippen MR) is 135 cm³/mol. The third-order valence-electron chi connectivity index (χ3n) is 5.90. The Morgan fingerprint density at radius 3 is 2.47 bits per heavy atom. The highest BCUT2D eigenvalue weighted by atomic mass is 19.1. The summed E-state index contributed by atoms with van der Waals surface area (Å²) in [5, 5.41) is 3.82. The summed E-state index contributed by atoms with van der Waals surface area (Å²) < 4.78 is 19.9. The van der Waals surface area contributed by atoms with Gasteiger partial charge in [0.2, 0.25) is 0 Å². The van der Waals surface area contributed by atoms with Gasteiger partial charge in [-0.3, -0.25) is 14.9 Å². The number of carbonyl (C=O) groups is 3. The molecule has 0 atom stereocenters. The van der Waals surface area contributed by atoms with E-state index in [1.54, 1.807) is 6.07 Å². The minimum Gasteiger partial charge on any atom is -0.488 e. The largest absolute Gasteiger partial charge is 0.488 e. The van der Waals surface area contributed by atoms with Crippen LogP contribution >= 0.6 is 0 Å². The minimum atomic E-state index is -0.943. The molecule has 0 spiro atoms. The molecule has 4 aromatic rings. The van der Waals surface area contributed by atoms with Crippen LogP contribution in [0.15, 0.2) is 90.5 Å². The lowest BCUT2D eigenvalue weighted by Gasteiger charge is -2.26. The van der Waals surface area contributed by atoms with Gasteiger partial charge in [-0.05, 0) is 53.6 Å². The van der Waals surface area contributed by atoms with Crippen LogP contribution in [-0.4, -0.2) is 17.8 Å². The molecule has 1 fully saturated rings. The molecule has 5 rings (SSSR count). The number of nitrogens with one attached hydrogen (secondary N) is 1. The number of anilines is 1. The van der Waals surface area contributed by atoms with Crippen LogP contribution in [0.25, 0.3) is 16.8 Å². The molecule has 0 radical (unpaired) electrons. The molecule has 1 aliphatic rings. The fourth-order valence-corrected chi connectivity index (χ4v) is 4.05. The fourth-order valence-electron chi connectivity index (χ4n) is 4.05. The van der Waals surface area contributed by atoms with Crippen LogP contribution in [0, 0.1) is 12.7 Å². The van der Waals surface area contributed by atoms with Gasteiger partial charge >= 0.3 is 6.03 Å². The second-order valence-electron chi connectivity index (χ2n) is 8.41. The number of ether oxygens (including phenoxy) is 1. The molecule has 0 aliphatic carbocycles. The van der Waals surface area contributed by atoms with E-state index in [4.69, 9.17) is 4.74 Å². The van der Waals surface area contributed by atoms with Crippen LogP contribution in [-0.2, 0) is 16.2 Å². The van der Waals surface area contributed by atoms with Gasteiger partial charge in [-0.15, -0.1) is 0 Å². The summed E-state index contributed by atoms with van der Waals surface area (Å²) >= 11 is 0. The van der Waals surface area contributed by atoms with Gasteiger partial charge in [0.25, 0.3) is 11.8 Å². The van der Waals surface area contributed by atoms with Crippen molar-refractivity contribution < 1.29 is 23.5 Å². The summed E-state index contributed by atoms with van der Waals surface area (Å²) in [7, 11) is 0. The molecule has 0 aromatic heterocycles. The average molecular weight is 480 g/mol. The SMILES string of the molecule is Cc1ccc(COc2ccc3ccccc3c2/C=C2\C(=O)NC(=O)N(c3cccc(F)c3)C2=O)cc1. The Labute approximate surface area is 206 Å². The number of hydrogen-bond acceptors (Lipinski definition) is 4. The minimum absolute atomic E-state index is 0.0182. The summed E-state index contributed by atoms with van der Waals surface area (Å²) in [5.74, 6) is -1.84. The lowest BCUT2D eigenvalue weighted by atomic mass is 9.99. The van der Waals surface area contributed by atoms with Crippen molar-refractivity contribution in [3.05, 3.63) is 113 Å². The van der Waals surface area contributed by atoms with E-state index in [2.05, 4.69) is 5.32 Å². The van der Waals surface area contributed by atoms with E-state index in [-0.39, 0.29) is 17.9 Å². The molecule has 36 heavy (non-hydrogen) atoms. The van der Waals surface area contributed by atoms with E-state index < -0.39 is 23.7 Å². The second kappa shape index (κ2) is 9.46. The van der Waals surface area contributed by atoms with E-state index in [0.29, 0.717) is 11.3 Å². The highest BCUT2D eigenvalue weighted by Gasteiger charge is 2.37. The number of nitrogens with zero attached hydrogens (tertiary/aromatic N) is 1. The van der Waals surface area contributed by atoms with E-state index in [1.165, 1.54) is 24.3 Å². The Morgan fingerprint density at radius 2 is 1.69 bits per heavy atom. The summed E-state index contributed by atoms with van der Waals surface area (Å²) in [5.41, 5.74) is 2.36. The monoisotopic (exact) mass is 480 g/mol. The van der Waals surface area contributed by atoms with Gasteiger partial charge in [-0.2, -0.15) is 0 Å². The Kier molecular flexibility index (Phi) is 6.04. The van der Waals surface area contributed by atoms with Crippen LogP contribution in [0.1, 0.15) is 16.7 Å². The Bertz CT molecular complexity index is 1540. The van der Waals surface area contributed by atoms with Gasteiger partial charge in [0.05, 0.1) is 5.69 Å². The molecule has 1 N–H and O–H groups in total. The maximum Gasteiger partial charge on any atom is 0.335 e. The van der Waals surface area contributed by atoms with Gasteiger partial charge in [0.1, 0.15) is 23.7 Å². The van der Waals surface area contributed by atoms with Gasteiger partial charge in [0.15, 0.2) is 0 Å². The van der Waals surface area contributed by atoms with Gasteiger partial charge in [-0.25, -0.2) is 14.1 Å². The zero-order valence-corrected chi connectivity index (χ0v) is 19.3. The summed E-state index contributed by atoms with van der Waals surface area (Å²) in [6.07, 6.45) is 1.42. The molecular weight excluding hydrogens is 459 g/mol. The van der Waals surface area contributed by atoms with Crippen LogP contribution < -0.4 is 15.0 Å². The number of halogens is 1. The van der Waals surface area contributed by atoms with Gasteiger partial charge in [0, 0.05) is 5.56 Å². The van der Waals surface area contributed by atoms with E-state index in [9.17, 15) is 18.8 Å². The van der Waals surface area contributed by atoms with Crippen molar-refractivity contribution >= 4 is 40.4 Å². The number of aryl methyl sites for hydroxylation is 1. The zero-order valence-electron chi connectivity index (χ0n) is 19.3. The first-order chi connectivity index (χ1) is 17.4. The molecule has 0 saturated carbocycles. The van der Waals surface area contributed by atoms with Crippen LogP contribution in [0.5, 0.6) is 5.75 Å². The molecule has 7 heteroatoms. The van der Waals surface area contributed by atoms with Crippen LogP contribution in [0.2, 0.25) is 0 Å². The first-order valence-electron chi connectivity index (χ1n) is 11.3. The molecule has 1 heterocycles. The van der Waals surface area contributed by atoms with Crippen molar-refractivity contribution in [1.29, 1.82) is 0 Å². The third kappa shape index (κ3) is 4.46. The summed E-state index contributed by atoms with van der Waals surface area (Å²) in [6, 6.07) is 23.2. The van der Waals surface area contributed by atoms with Crippen molar-refractivity contribution in [2.24, 2.45) is 0 Å². The highest BCUT2D eigenvalue weighted by Crippen LogP contribution is 2.32. The molecule has 0 unspecified atom stereocenters. The smallest absolute Gasteiger partial charge is 0.335 e. The Hall–Kier alpha value is -4.78. The number of urea groups is 1. The molecule has 4 aromatic carbocycles. The van der Waals surface area contributed by atoms with Crippen molar-refractivity contribution in [1.82, 2.24) is 5.32 Å². The quantitative estimate of drug-likeness (QED) is 0.301. The van der Waals surface area contributed by atoms with Crippen LogP contribution in [0.4, 0.5) is 14.9 Å². The summed E-state index contributed by atoms with van der Waals surface area (Å²) in [4.78, 5) is 39.3. The topological polar surface area (TPSA) is 75.7 Å². The van der Waals surface area contributed by atoms with Crippen molar-refractivity contribution in [3.8, 4) is 5.75 Å². The molecule has 0 bridgehead atoms. The molecule has 6 nitrogen and oxygen atoms in total. The number of benzene rings is 4. The number of hydrogen-bond donors (Lipinski definition) is 1. The third-order valence-corrected chi connectivity index (χ3v) is 5.90. The molecular formula is C29H21FN2O4. The van der Waals surface area contributed by atoms with Crippen molar-refractivity contribution in [2.45, 2.75) is 13.5 Å². The average Bonchev–Trinajstić information content (AvgIpc) is 2.86. The van der Waals surface area contributed by atoms with Crippen molar-refractivity contribution in [3.63, 3.8) is 0 Å². The number of fused-ring (bicyclic) bond motifs is 1. The number of imide groups is 2. The first kappa shape index (κ1) is 23.0. The number of carbonyl (C=O) groups excluding carboxylic acids is 3. The van der Waals surface area contributed by atoms with E-state index >= 15 is 0 Å². The Morgan fingerprint density at radius 1 is 0.917 bits per heavy atom. The van der Waals surface area contributed by atoms with Crippen molar-refractivity contribution in [2.75, 3.05) is 4.90 Å². The maximum absolute atomic E-state index is 13.8. The molecule has 1 aliphatic heterocycles. The van der Waals surface area contributed by atoms with E-state index in [1.807, 2.05) is 61.5 Å². The first-order valence-corrected chi connectivity index (χ1v) is 11.3. The lowest BCUT2D eigenvalue weighted by molar-refractivity contribution is -0.122. The van der Waals surface area contributed by atoms with Gasteiger partial charge < -0.3 is 4.74 Å². The predicted octanol–water partition coefficient (Wildman–Crippen LogP) is 5.53. The molecule has 4 amide bonds. The second-order valence-corrected chi connectivity index (χ2v) is 8.41. The standard InChI is InChI=1S/C29H21FN2O4/c1-18-9-11-19(12-10-18)17-36-26-14-13-20-5-2-3-8-23(20)24(26)16-25-27(33)31-29(35)32(28(25)34)22-7-4-6-21(30)15-22/h2-16H,17H2,1H3,(H,31,33,35)/b25-16+. The fraction of sp³-hybridized carbons (Fsp3) is 0.0690. The molecule has 1 saturated heterocycles. The number of rotatable bonds is 5. The van der Waals surface area contributed by atoms with Crippen LogP contribution in [0.3, 0.4) is 0 Å². The van der Waals surface area contributed by atoms with E-state index in [0.717, 1.165) is 32.9 Å². The maximum atomic E-state index is 13.8. The Balaban J connectivity index is 1.58.